The summed E-state index contributed by atoms with van der Waals surface area (Å²) in [5.74, 6) is 0.741. The van der Waals surface area contributed by atoms with Crippen molar-refractivity contribution in [1.82, 2.24) is 9.97 Å². The summed E-state index contributed by atoms with van der Waals surface area (Å²) in [7, 11) is -0.493. The summed E-state index contributed by atoms with van der Waals surface area (Å²) in [6.07, 6.45) is 2.37. The molecular weight excluding hydrogens is 615 g/mol. The van der Waals surface area contributed by atoms with Gasteiger partial charge >= 0.3 is 13.3 Å². The molecule has 5 aromatic rings. The average Bonchev–Trinajstić information content (AvgIpc) is 3.30. The molecule has 0 spiro atoms. The van der Waals surface area contributed by atoms with Gasteiger partial charge in [-0.3, -0.25) is 4.98 Å². The van der Waals surface area contributed by atoms with E-state index in [4.69, 9.17) is 30.4 Å². The summed E-state index contributed by atoms with van der Waals surface area (Å²) in [4.78, 5) is 22.2. The summed E-state index contributed by atoms with van der Waals surface area (Å²) < 4.78 is 23.8. The second-order valence-corrected chi connectivity index (χ2v) is 12.5. The minimum atomic E-state index is -0.909. The Balaban J connectivity index is 1.28. The molecule has 0 aliphatic carbocycles. The van der Waals surface area contributed by atoms with Crippen LogP contribution < -0.4 is 15.5 Å². The Kier molecular flexibility index (Phi) is 8.89. The Morgan fingerprint density at radius 2 is 1.66 bits per heavy atom. The highest BCUT2D eigenvalue weighted by atomic mass is 35.5. The van der Waals surface area contributed by atoms with E-state index in [1.54, 1.807) is 42.7 Å². The van der Waals surface area contributed by atoms with Crippen LogP contribution >= 0.6 is 11.6 Å². The maximum absolute atomic E-state index is 13.3. The lowest BCUT2D eigenvalue weighted by Crippen LogP contribution is -2.41. The predicted molar refractivity (Wildman–Crippen MR) is 181 cm³/mol. The molecule has 0 bridgehead atoms. The zero-order chi connectivity index (χ0) is 33.2. The van der Waals surface area contributed by atoms with Crippen LogP contribution in [0.4, 0.5) is 10.6 Å². The van der Waals surface area contributed by atoms with E-state index in [-0.39, 0.29) is 17.4 Å². The minimum absolute atomic E-state index is 0.0261. The molecule has 1 N–H and O–H groups in total. The molecule has 1 fully saturated rings. The van der Waals surface area contributed by atoms with Crippen molar-refractivity contribution in [3.63, 3.8) is 0 Å². The van der Waals surface area contributed by atoms with Crippen LogP contribution in [0.1, 0.15) is 56.0 Å². The van der Waals surface area contributed by atoms with Gasteiger partial charge in [0.05, 0.1) is 27.8 Å². The molecule has 1 unspecified atom stereocenters. The molecule has 1 saturated heterocycles. The van der Waals surface area contributed by atoms with E-state index < -0.39 is 30.5 Å². The van der Waals surface area contributed by atoms with Gasteiger partial charge in [0.1, 0.15) is 24.0 Å². The highest BCUT2D eigenvalue weighted by molar-refractivity contribution is 6.62. The minimum Gasteiger partial charge on any atom is -0.429 e. The number of halogens is 1. The number of rotatable bonds is 8. The second-order valence-electron chi connectivity index (χ2n) is 12.1. The molecule has 236 valence electrons. The number of benzene rings is 3. The lowest BCUT2D eigenvalue weighted by Gasteiger charge is -2.32. The Bertz CT molecular complexity index is 1950. The number of anilines is 1. The number of carbonyl (C=O) groups excluding carboxylic acids is 1. The third-order valence-corrected chi connectivity index (χ3v) is 8.96. The predicted octanol–water partition coefficient (Wildman–Crippen LogP) is 7.37. The topological polar surface area (TPSA) is 116 Å². The number of carbonyl (C=O) groups is 1. The average molecular weight is 647 g/mol. The Morgan fingerprint density at radius 1 is 0.915 bits per heavy atom. The number of aromatic nitrogens is 2. The molecule has 2 aromatic heterocycles. The van der Waals surface area contributed by atoms with Crippen LogP contribution in [0.2, 0.25) is 5.02 Å². The standard InChI is InChI=1S/C36H32BClN4O5/c1-35(2)36(3,4)47-37(46-35)26-16-13-23(14-17-26)22-44-34(43)45-33-28(18-15-24-10-8-20-41-31(24)33)32(42-29-12-5-6-19-40-29)27-11-7-9-25(21-39)30(27)38/h5-20,32H,22H2,1-4H3,(H,40,42). The quantitative estimate of drug-likeness (QED) is 0.105. The Labute approximate surface area is 278 Å². The molecule has 0 saturated carbocycles. The number of nitrogens with zero attached hydrogens (tertiary/aromatic N) is 3. The zero-order valence-electron chi connectivity index (χ0n) is 26.4. The summed E-state index contributed by atoms with van der Waals surface area (Å²) in [5, 5.41) is 14.1. The molecular formula is C36H32BClN4O5. The first kappa shape index (κ1) is 32.0. The van der Waals surface area contributed by atoms with Crippen LogP contribution in [0.25, 0.3) is 10.9 Å². The fourth-order valence-electron chi connectivity index (χ4n) is 5.25. The lowest BCUT2D eigenvalue weighted by molar-refractivity contribution is 0.00578. The summed E-state index contributed by atoms with van der Waals surface area (Å²) in [5.41, 5.74) is 2.62. The number of hydrogen-bond acceptors (Lipinski definition) is 9. The van der Waals surface area contributed by atoms with Gasteiger partial charge < -0.3 is 24.1 Å². The van der Waals surface area contributed by atoms with Crippen molar-refractivity contribution >= 4 is 47.1 Å². The van der Waals surface area contributed by atoms with E-state index in [0.29, 0.717) is 28.0 Å². The second kappa shape index (κ2) is 13.0. The van der Waals surface area contributed by atoms with Gasteiger partial charge in [0.2, 0.25) is 0 Å². The van der Waals surface area contributed by atoms with Gasteiger partial charge in [-0.1, -0.05) is 72.3 Å². The van der Waals surface area contributed by atoms with E-state index in [2.05, 4.69) is 21.4 Å². The van der Waals surface area contributed by atoms with Gasteiger partial charge in [0.15, 0.2) is 5.75 Å². The van der Waals surface area contributed by atoms with Crippen molar-refractivity contribution < 1.29 is 23.6 Å². The molecule has 9 nitrogen and oxygen atoms in total. The summed E-state index contributed by atoms with van der Waals surface area (Å²) in [6, 6.07) is 27.0. The van der Waals surface area contributed by atoms with Gasteiger partial charge in [-0.2, -0.15) is 5.26 Å². The Morgan fingerprint density at radius 3 is 2.36 bits per heavy atom. The van der Waals surface area contributed by atoms with E-state index >= 15 is 0 Å². The van der Waals surface area contributed by atoms with Crippen LogP contribution in [0.15, 0.2) is 97.3 Å². The van der Waals surface area contributed by atoms with E-state index in [9.17, 15) is 10.1 Å². The Hall–Kier alpha value is -4.95. The number of pyridine rings is 2. The first-order chi connectivity index (χ1) is 22.6. The van der Waals surface area contributed by atoms with Crippen molar-refractivity contribution in [2.45, 2.75) is 51.5 Å². The fourth-order valence-corrected chi connectivity index (χ4v) is 5.53. The molecule has 0 radical (unpaired) electrons. The molecule has 3 heterocycles. The van der Waals surface area contributed by atoms with Gasteiger partial charge in [-0.15, -0.1) is 0 Å². The van der Waals surface area contributed by atoms with Crippen molar-refractivity contribution in [1.29, 1.82) is 5.26 Å². The third kappa shape index (κ3) is 6.65. The normalized spacial score (nSPS) is 15.5. The van der Waals surface area contributed by atoms with Gasteiger partial charge in [0, 0.05) is 23.3 Å². The maximum Gasteiger partial charge on any atom is 0.514 e. The number of ether oxygens (including phenoxy) is 2. The fraction of sp³-hybridized carbons (Fsp3) is 0.222. The van der Waals surface area contributed by atoms with Crippen LogP contribution in [-0.4, -0.2) is 34.4 Å². The molecule has 47 heavy (non-hydrogen) atoms. The van der Waals surface area contributed by atoms with Crippen LogP contribution in [-0.2, 0) is 20.7 Å². The number of nitrogens with one attached hydrogen (secondary N) is 1. The zero-order valence-corrected chi connectivity index (χ0v) is 27.1. The number of hydrogen-bond donors (Lipinski definition) is 1. The highest BCUT2D eigenvalue weighted by Crippen LogP contribution is 2.40. The van der Waals surface area contributed by atoms with Gasteiger partial charge in [-0.25, -0.2) is 9.78 Å². The largest absolute Gasteiger partial charge is 0.514 e. The van der Waals surface area contributed by atoms with E-state index in [1.165, 1.54) is 0 Å². The van der Waals surface area contributed by atoms with Gasteiger partial charge in [0.25, 0.3) is 0 Å². The molecule has 11 heteroatoms. The summed E-state index contributed by atoms with van der Waals surface area (Å²) >= 11 is 6.75. The molecule has 6 rings (SSSR count). The molecule has 3 aromatic carbocycles. The first-order valence-corrected chi connectivity index (χ1v) is 15.5. The number of fused-ring (bicyclic) bond motifs is 1. The number of nitriles is 1. The van der Waals surface area contributed by atoms with Crippen LogP contribution in [0, 0.1) is 11.3 Å². The SMILES string of the molecule is CC1(C)OB(c2ccc(COC(=O)Oc3c(C(Nc4ccccn4)c4cccc(C#N)c4Cl)ccc4cccnc34)cc2)OC1(C)C. The molecule has 1 aliphatic rings. The highest BCUT2D eigenvalue weighted by Gasteiger charge is 2.51. The van der Waals surface area contributed by atoms with Crippen molar-refractivity contribution in [2.75, 3.05) is 5.32 Å². The smallest absolute Gasteiger partial charge is 0.429 e. The van der Waals surface area contributed by atoms with E-state index in [0.717, 1.165) is 16.4 Å². The van der Waals surface area contributed by atoms with Crippen molar-refractivity contribution in [3.05, 3.63) is 125 Å². The summed E-state index contributed by atoms with van der Waals surface area (Å²) in [6.45, 7) is 8.00. The van der Waals surface area contributed by atoms with Crippen molar-refractivity contribution in [3.8, 4) is 11.8 Å². The molecule has 1 atom stereocenters. The maximum atomic E-state index is 13.3. The van der Waals surface area contributed by atoms with Crippen LogP contribution in [0.5, 0.6) is 5.75 Å². The monoisotopic (exact) mass is 646 g/mol. The van der Waals surface area contributed by atoms with Crippen LogP contribution in [0.3, 0.4) is 0 Å². The lowest BCUT2D eigenvalue weighted by atomic mass is 9.79. The van der Waals surface area contributed by atoms with Gasteiger partial charge in [-0.05, 0) is 68.6 Å². The van der Waals surface area contributed by atoms with E-state index in [1.807, 2.05) is 82.3 Å². The van der Waals surface area contributed by atoms with Crippen molar-refractivity contribution in [2.24, 2.45) is 0 Å². The first-order valence-electron chi connectivity index (χ1n) is 15.1. The molecule has 1 aliphatic heterocycles. The molecule has 0 amide bonds. The third-order valence-electron chi connectivity index (χ3n) is 8.53.